The fourth-order valence-corrected chi connectivity index (χ4v) is 5.14. The number of hydrogen-bond donors (Lipinski definition) is 2. The Kier molecular flexibility index (Phi) is 7.86. The van der Waals surface area contributed by atoms with Gasteiger partial charge in [0.15, 0.2) is 0 Å². The van der Waals surface area contributed by atoms with E-state index in [4.69, 9.17) is 11.6 Å². The smallest absolute Gasteiger partial charge is 0.325 e. The first kappa shape index (κ1) is 27.3. The minimum absolute atomic E-state index is 0.164. The van der Waals surface area contributed by atoms with Gasteiger partial charge in [-0.2, -0.15) is 13.2 Å². The van der Waals surface area contributed by atoms with Gasteiger partial charge >= 0.3 is 6.18 Å². The number of carbonyl (C=O) groups is 1. The number of sulfonamides is 2. The standard InChI is InChI=1S/C22H19ClF3N3O5S2/c1-35(31,32)29(19-7-3-5-16(23)13-19)14-21(30)27-17-8-10-20(11-9-17)36(33,34)28-18-6-2-4-15(12-18)22(24,25)26/h2-13,28H,14H2,1H3,(H,27,30). The van der Waals surface area contributed by atoms with Crippen LogP contribution in [0.25, 0.3) is 0 Å². The second-order valence-electron chi connectivity index (χ2n) is 7.51. The Balaban J connectivity index is 1.72. The average Bonchev–Trinajstić information content (AvgIpc) is 2.76. The summed E-state index contributed by atoms with van der Waals surface area (Å²) < 4.78 is 91.1. The molecule has 0 atom stereocenters. The number of nitrogens with one attached hydrogen (secondary N) is 2. The molecule has 0 spiro atoms. The molecule has 36 heavy (non-hydrogen) atoms. The molecule has 3 aromatic carbocycles. The number of rotatable bonds is 8. The van der Waals surface area contributed by atoms with Crippen molar-refractivity contribution in [2.45, 2.75) is 11.1 Å². The number of halogens is 4. The summed E-state index contributed by atoms with van der Waals surface area (Å²) in [4.78, 5) is 12.2. The maximum Gasteiger partial charge on any atom is 0.416 e. The highest BCUT2D eigenvalue weighted by Gasteiger charge is 2.30. The van der Waals surface area contributed by atoms with E-state index in [-0.39, 0.29) is 27.0 Å². The Bertz CT molecular complexity index is 1480. The molecule has 14 heteroatoms. The topological polar surface area (TPSA) is 113 Å². The Labute approximate surface area is 210 Å². The van der Waals surface area contributed by atoms with Crippen LogP contribution < -0.4 is 14.3 Å². The maximum atomic E-state index is 12.9. The van der Waals surface area contributed by atoms with Crippen molar-refractivity contribution >= 4 is 54.6 Å². The van der Waals surface area contributed by atoms with Crippen LogP contribution in [0.2, 0.25) is 5.02 Å². The summed E-state index contributed by atoms with van der Waals surface area (Å²) in [5.41, 5.74) is -0.939. The van der Waals surface area contributed by atoms with Gasteiger partial charge in [0.2, 0.25) is 15.9 Å². The second-order valence-corrected chi connectivity index (χ2v) is 11.5. The number of hydrogen-bond acceptors (Lipinski definition) is 5. The Hall–Kier alpha value is -3.29. The molecule has 0 aliphatic carbocycles. The zero-order valence-corrected chi connectivity index (χ0v) is 20.8. The summed E-state index contributed by atoms with van der Waals surface area (Å²) in [6.07, 6.45) is -3.71. The van der Waals surface area contributed by atoms with Gasteiger partial charge in [0.25, 0.3) is 10.0 Å². The van der Waals surface area contributed by atoms with Gasteiger partial charge in [-0.25, -0.2) is 16.8 Å². The molecule has 0 saturated heterocycles. The van der Waals surface area contributed by atoms with E-state index in [1.807, 2.05) is 0 Å². The van der Waals surface area contributed by atoms with Crippen LogP contribution in [0.15, 0.2) is 77.7 Å². The van der Waals surface area contributed by atoms with E-state index in [9.17, 15) is 34.8 Å². The van der Waals surface area contributed by atoms with E-state index in [2.05, 4.69) is 10.0 Å². The number of anilines is 3. The van der Waals surface area contributed by atoms with Crippen LogP contribution in [-0.4, -0.2) is 35.5 Å². The van der Waals surface area contributed by atoms with Crippen molar-refractivity contribution in [1.29, 1.82) is 0 Å². The Morgan fingerprint density at radius 2 is 1.56 bits per heavy atom. The summed E-state index contributed by atoms with van der Waals surface area (Å²) in [5, 5.41) is 2.74. The highest BCUT2D eigenvalue weighted by molar-refractivity contribution is 7.92. The summed E-state index contributed by atoms with van der Waals surface area (Å²) in [6.45, 7) is -0.573. The predicted octanol–water partition coefficient (Wildman–Crippen LogP) is 4.56. The highest BCUT2D eigenvalue weighted by Crippen LogP contribution is 2.31. The molecule has 2 N–H and O–H groups in total. The van der Waals surface area contributed by atoms with E-state index in [0.717, 1.165) is 34.8 Å². The van der Waals surface area contributed by atoms with Crippen LogP contribution in [0, 0.1) is 0 Å². The van der Waals surface area contributed by atoms with Gasteiger partial charge in [-0.1, -0.05) is 23.7 Å². The zero-order valence-electron chi connectivity index (χ0n) is 18.5. The molecule has 0 radical (unpaired) electrons. The molecular weight excluding hydrogens is 543 g/mol. The third-order valence-electron chi connectivity index (χ3n) is 4.67. The molecule has 0 saturated carbocycles. The fourth-order valence-electron chi connectivity index (χ4n) is 3.05. The van der Waals surface area contributed by atoms with E-state index < -0.39 is 44.2 Å². The van der Waals surface area contributed by atoms with Gasteiger partial charge in [-0.05, 0) is 60.7 Å². The molecule has 192 valence electrons. The third kappa shape index (κ3) is 7.12. The molecule has 3 rings (SSSR count). The molecule has 3 aromatic rings. The molecule has 0 aromatic heterocycles. The molecule has 0 aliphatic heterocycles. The van der Waals surface area contributed by atoms with E-state index in [1.165, 1.54) is 36.4 Å². The van der Waals surface area contributed by atoms with Crippen molar-refractivity contribution in [2.75, 3.05) is 27.1 Å². The first-order valence-corrected chi connectivity index (χ1v) is 13.7. The van der Waals surface area contributed by atoms with E-state index in [0.29, 0.717) is 6.07 Å². The first-order valence-electron chi connectivity index (χ1n) is 9.98. The first-order chi connectivity index (χ1) is 16.6. The summed E-state index contributed by atoms with van der Waals surface area (Å²) in [5.74, 6) is -0.710. The molecule has 0 fully saturated rings. The van der Waals surface area contributed by atoms with Crippen LogP contribution in [-0.2, 0) is 31.0 Å². The van der Waals surface area contributed by atoms with Crippen molar-refractivity contribution in [1.82, 2.24) is 0 Å². The van der Waals surface area contributed by atoms with Crippen molar-refractivity contribution in [3.8, 4) is 0 Å². The van der Waals surface area contributed by atoms with Gasteiger partial charge in [0, 0.05) is 16.4 Å². The molecule has 8 nitrogen and oxygen atoms in total. The third-order valence-corrected chi connectivity index (χ3v) is 7.45. The largest absolute Gasteiger partial charge is 0.416 e. The average molecular weight is 562 g/mol. The van der Waals surface area contributed by atoms with Crippen LogP contribution in [0.4, 0.5) is 30.2 Å². The summed E-state index contributed by atoms with van der Waals surface area (Å²) in [6, 6.07) is 14.4. The predicted molar refractivity (Wildman–Crippen MR) is 131 cm³/mol. The van der Waals surface area contributed by atoms with E-state index in [1.54, 1.807) is 6.07 Å². The van der Waals surface area contributed by atoms with Gasteiger partial charge in [-0.15, -0.1) is 0 Å². The fraction of sp³-hybridized carbons (Fsp3) is 0.136. The lowest BCUT2D eigenvalue weighted by Gasteiger charge is -2.22. The minimum Gasteiger partial charge on any atom is -0.325 e. The number of carbonyl (C=O) groups excluding carboxylic acids is 1. The SMILES string of the molecule is CS(=O)(=O)N(CC(=O)Nc1ccc(S(=O)(=O)Nc2cccc(C(F)(F)F)c2)cc1)c1cccc(Cl)c1. The quantitative estimate of drug-likeness (QED) is 0.418. The minimum atomic E-state index is -4.64. The molecule has 0 aliphatic rings. The summed E-state index contributed by atoms with van der Waals surface area (Å²) in [7, 11) is -8.06. The second kappa shape index (κ2) is 10.4. The molecule has 0 bridgehead atoms. The highest BCUT2D eigenvalue weighted by atomic mass is 35.5. The zero-order chi connectivity index (χ0) is 26.7. The monoisotopic (exact) mass is 561 g/mol. The van der Waals surface area contributed by atoms with Crippen molar-refractivity contribution < 1.29 is 34.8 Å². The molecule has 0 unspecified atom stereocenters. The maximum absolute atomic E-state index is 12.9. The van der Waals surface area contributed by atoms with Crippen molar-refractivity contribution in [3.05, 3.63) is 83.4 Å². The van der Waals surface area contributed by atoms with Gasteiger partial charge in [-0.3, -0.25) is 13.8 Å². The lowest BCUT2D eigenvalue weighted by Crippen LogP contribution is -2.37. The lowest BCUT2D eigenvalue weighted by molar-refractivity contribution is -0.137. The molecule has 1 amide bonds. The summed E-state index contributed by atoms with van der Waals surface area (Å²) >= 11 is 5.91. The number of amides is 1. The Morgan fingerprint density at radius 3 is 2.14 bits per heavy atom. The van der Waals surface area contributed by atoms with Crippen LogP contribution in [0.3, 0.4) is 0 Å². The molecule has 0 heterocycles. The molecular formula is C22H19ClF3N3O5S2. The number of benzene rings is 3. The number of nitrogens with zero attached hydrogens (tertiary/aromatic N) is 1. The van der Waals surface area contributed by atoms with Gasteiger partial charge in [0.05, 0.1) is 22.4 Å². The van der Waals surface area contributed by atoms with Crippen LogP contribution in [0.1, 0.15) is 5.56 Å². The van der Waals surface area contributed by atoms with Crippen LogP contribution in [0.5, 0.6) is 0 Å². The van der Waals surface area contributed by atoms with E-state index >= 15 is 0 Å². The van der Waals surface area contributed by atoms with Gasteiger partial charge < -0.3 is 5.32 Å². The van der Waals surface area contributed by atoms with Crippen molar-refractivity contribution in [2.24, 2.45) is 0 Å². The number of alkyl halides is 3. The van der Waals surface area contributed by atoms with Gasteiger partial charge in [0.1, 0.15) is 6.54 Å². The Morgan fingerprint density at radius 1 is 0.917 bits per heavy atom. The van der Waals surface area contributed by atoms with Crippen LogP contribution >= 0.6 is 11.6 Å². The van der Waals surface area contributed by atoms with Crippen molar-refractivity contribution in [3.63, 3.8) is 0 Å². The normalized spacial score (nSPS) is 12.1. The lowest BCUT2D eigenvalue weighted by atomic mass is 10.2.